The molecule has 3 N–H and O–H groups in total. The fourth-order valence-electron chi connectivity index (χ4n) is 2.04. The van der Waals surface area contributed by atoms with Gasteiger partial charge in [0.1, 0.15) is 27.2 Å². The number of aryl methyl sites for hydroxylation is 2. The van der Waals surface area contributed by atoms with Crippen molar-refractivity contribution in [3.8, 4) is 11.3 Å². The predicted molar refractivity (Wildman–Crippen MR) is 77.0 cm³/mol. The number of furan rings is 1. The monoisotopic (exact) mass is 297 g/mol. The van der Waals surface area contributed by atoms with Gasteiger partial charge < -0.3 is 15.1 Å². The second-order valence-corrected chi connectivity index (χ2v) is 7.29. The molecule has 2 heterocycles. The first kappa shape index (κ1) is 14.8. The number of nitrogens with two attached hydrogens (primary N) is 1. The summed E-state index contributed by atoms with van der Waals surface area (Å²) in [6.07, 6.45) is 3.23. The Hall–Kier alpha value is -1.60. The molecule has 0 aliphatic rings. The fraction of sp³-hybridized carbons (Fsp3) is 0.462. The van der Waals surface area contributed by atoms with Gasteiger partial charge in [0.15, 0.2) is 0 Å². The van der Waals surface area contributed by atoms with Crippen LogP contribution in [0.3, 0.4) is 0 Å². The van der Waals surface area contributed by atoms with Crippen molar-refractivity contribution in [2.24, 2.45) is 5.73 Å². The minimum Gasteiger partial charge on any atom is -0.466 e. The molecule has 0 saturated carbocycles. The quantitative estimate of drug-likeness (QED) is 0.875. The van der Waals surface area contributed by atoms with E-state index in [4.69, 9.17) is 10.2 Å². The van der Waals surface area contributed by atoms with E-state index < -0.39 is 15.9 Å². The van der Waals surface area contributed by atoms with E-state index in [9.17, 15) is 8.42 Å². The van der Waals surface area contributed by atoms with Crippen molar-refractivity contribution < 1.29 is 12.8 Å². The van der Waals surface area contributed by atoms with Crippen molar-refractivity contribution in [3.05, 3.63) is 29.6 Å². The van der Waals surface area contributed by atoms with Crippen LogP contribution in [0.4, 0.5) is 0 Å². The van der Waals surface area contributed by atoms with Crippen LogP contribution in [0.1, 0.15) is 29.8 Å². The summed E-state index contributed by atoms with van der Waals surface area (Å²) < 4.78 is 27.8. The Morgan fingerprint density at radius 2 is 2.15 bits per heavy atom. The molecule has 0 spiro atoms. The Morgan fingerprint density at radius 3 is 2.70 bits per heavy atom. The summed E-state index contributed by atoms with van der Waals surface area (Å²) in [5, 5.41) is 0. The molecule has 2 aromatic heterocycles. The number of sulfone groups is 1. The Kier molecular flexibility index (Phi) is 4.01. The standard InChI is InChI=1S/C13H19N3O3S/c1-8-6-10(9(2)19-8)12-7-15-13(16-12)11(14)4-5-20(3,17)18/h6-7,11H,4-5,14H2,1-3H3,(H,15,16). The molecule has 2 rings (SSSR count). The highest BCUT2D eigenvalue weighted by molar-refractivity contribution is 7.90. The Morgan fingerprint density at radius 1 is 1.45 bits per heavy atom. The number of nitrogens with one attached hydrogen (secondary N) is 1. The highest BCUT2D eigenvalue weighted by atomic mass is 32.2. The molecule has 0 aliphatic carbocycles. The second-order valence-electron chi connectivity index (χ2n) is 5.03. The van der Waals surface area contributed by atoms with Crippen molar-refractivity contribution in [1.82, 2.24) is 9.97 Å². The maximum absolute atomic E-state index is 11.1. The molecule has 0 amide bonds. The number of hydrogen-bond donors (Lipinski definition) is 2. The summed E-state index contributed by atoms with van der Waals surface area (Å²) in [6.45, 7) is 3.76. The van der Waals surface area contributed by atoms with Gasteiger partial charge in [-0.25, -0.2) is 13.4 Å². The van der Waals surface area contributed by atoms with Gasteiger partial charge in [-0.1, -0.05) is 0 Å². The molecule has 0 radical (unpaired) electrons. The summed E-state index contributed by atoms with van der Waals surface area (Å²) in [5.74, 6) is 2.27. The molecule has 1 unspecified atom stereocenters. The summed E-state index contributed by atoms with van der Waals surface area (Å²) in [7, 11) is -3.01. The van der Waals surface area contributed by atoms with Gasteiger partial charge in [-0.2, -0.15) is 0 Å². The van der Waals surface area contributed by atoms with Crippen molar-refractivity contribution in [3.63, 3.8) is 0 Å². The number of aromatic amines is 1. The average molecular weight is 297 g/mol. The molecule has 2 aromatic rings. The van der Waals surface area contributed by atoms with E-state index >= 15 is 0 Å². The Labute approximate surface area is 118 Å². The Balaban J connectivity index is 2.14. The van der Waals surface area contributed by atoms with Crippen molar-refractivity contribution >= 4 is 9.84 Å². The minimum atomic E-state index is -3.01. The molecule has 6 nitrogen and oxygen atoms in total. The van der Waals surface area contributed by atoms with E-state index in [1.54, 1.807) is 6.20 Å². The van der Waals surface area contributed by atoms with E-state index in [1.165, 1.54) is 6.26 Å². The molecule has 110 valence electrons. The molecule has 1 atom stereocenters. The van der Waals surface area contributed by atoms with E-state index in [0.717, 1.165) is 22.8 Å². The molecule has 0 aliphatic heterocycles. The molecule has 0 bridgehead atoms. The highest BCUT2D eigenvalue weighted by Gasteiger charge is 2.15. The van der Waals surface area contributed by atoms with Gasteiger partial charge >= 0.3 is 0 Å². The van der Waals surface area contributed by atoms with Crippen LogP contribution >= 0.6 is 0 Å². The van der Waals surface area contributed by atoms with Gasteiger partial charge in [-0.05, 0) is 26.3 Å². The number of rotatable bonds is 5. The number of H-pyrrole nitrogens is 1. The summed E-state index contributed by atoms with van der Waals surface area (Å²) in [4.78, 5) is 7.36. The maximum atomic E-state index is 11.1. The number of aromatic nitrogens is 2. The van der Waals surface area contributed by atoms with Crippen LogP contribution < -0.4 is 5.73 Å². The molecule has 0 fully saturated rings. The first-order valence-electron chi connectivity index (χ1n) is 6.32. The SMILES string of the molecule is Cc1cc(-c2cnc(C(N)CCS(C)(=O)=O)[nH]2)c(C)o1. The minimum absolute atomic E-state index is 0.0496. The van der Waals surface area contributed by atoms with Gasteiger partial charge in [-0.15, -0.1) is 0 Å². The van der Waals surface area contributed by atoms with Crippen LogP contribution in [0, 0.1) is 13.8 Å². The zero-order valence-electron chi connectivity index (χ0n) is 11.8. The largest absolute Gasteiger partial charge is 0.466 e. The zero-order chi connectivity index (χ0) is 14.9. The highest BCUT2D eigenvalue weighted by Crippen LogP contribution is 2.26. The lowest BCUT2D eigenvalue weighted by molar-refractivity contribution is 0.505. The van der Waals surface area contributed by atoms with Crippen LogP contribution in [0.15, 0.2) is 16.7 Å². The van der Waals surface area contributed by atoms with Crippen molar-refractivity contribution in [2.45, 2.75) is 26.3 Å². The lowest BCUT2D eigenvalue weighted by Crippen LogP contribution is -2.16. The number of imidazole rings is 1. The molecular formula is C13H19N3O3S. The van der Waals surface area contributed by atoms with Crippen LogP contribution in [0.5, 0.6) is 0 Å². The van der Waals surface area contributed by atoms with E-state index in [0.29, 0.717) is 12.2 Å². The lowest BCUT2D eigenvalue weighted by Gasteiger charge is -2.07. The maximum Gasteiger partial charge on any atom is 0.147 e. The first-order chi connectivity index (χ1) is 9.26. The first-order valence-corrected chi connectivity index (χ1v) is 8.38. The van der Waals surface area contributed by atoms with Gasteiger partial charge in [-0.3, -0.25) is 0 Å². The molecule has 7 heteroatoms. The zero-order valence-corrected chi connectivity index (χ0v) is 12.6. The number of nitrogens with zero attached hydrogens (tertiary/aromatic N) is 1. The third-order valence-corrected chi connectivity index (χ3v) is 4.05. The molecule has 0 aromatic carbocycles. The van der Waals surface area contributed by atoms with Gasteiger partial charge in [0.25, 0.3) is 0 Å². The predicted octanol–water partition coefficient (Wildman–Crippen LogP) is 1.72. The lowest BCUT2D eigenvalue weighted by atomic mass is 10.2. The van der Waals surface area contributed by atoms with Gasteiger partial charge in [0, 0.05) is 11.8 Å². The molecule has 0 saturated heterocycles. The summed E-state index contributed by atoms with van der Waals surface area (Å²) in [6, 6.07) is 1.50. The summed E-state index contributed by atoms with van der Waals surface area (Å²) >= 11 is 0. The third kappa shape index (κ3) is 3.49. The average Bonchev–Trinajstić information content (AvgIpc) is 2.91. The van der Waals surface area contributed by atoms with E-state index in [-0.39, 0.29) is 5.75 Å². The second kappa shape index (κ2) is 5.41. The van der Waals surface area contributed by atoms with Crippen LogP contribution in [0.25, 0.3) is 11.3 Å². The third-order valence-electron chi connectivity index (χ3n) is 3.08. The smallest absolute Gasteiger partial charge is 0.147 e. The van der Waals surface area contributed by atoms with Crippen LogP contribution in [-0.4, -0.2) is 30.4 Å². The van der Waals surface area contributed by atoms with Crippen molar-refractivity contribution in [1.29, 1.82) is 0 Å². The normalized spacial score (nSPS) is 13.6. The van der Waals surface area contributed by atoms with Crippen LogP contribution in [-0.2, 0) is 9.84 Å². The topological polar surface area (TPSA) is 102 Å². The van der Waals surface area contributed by atoms with E-state index in [1.807, 2.05) is 19.9 Å². The fourth-order valence-corrected chi connectivity index (χ4v) is 2.72. The van der Waals surface area contributed by atoms with Crippen LogP contribution in [0.2, 0.25) is 0 Å². The van der Waals surface area contributed by atoms with Gasteiger partial charge in [0.05, 0.1) is 23.7 Å². The molecular weight excluding hydrogens is 278 g/mol. The van der Waals surface area contributed by atoms with Crippen molar-refractivity contribution in [2.75, 3.05) is 12.0 Å². The molecule has 20 heavy (non-hydrogen) atoms. The van der Waals surface area contributed by atoms with Gasteiger partial charge in [0.2, 0.25) is 0 Å². The Bertz CT molecular complexity index is 700. The van der Waals surface area contributed by atoms with E-state index in [2.05, 4.69) is 9.97 Å². The number of hydrogen-bond acceptors (Lipinski definition) is 5. The summed E-state index contributed by atoms with van der Waals surface area (Å²) in [5.41, 5.74) is 7.72.